The maximum absolute atomic E-state index is 10.7. The second-order valence-electron chi connectivity index (χ2n) is 2.28. The first-order valence-corrected chi connectivity index (χ1v) is 3.49. The lowest BCUT2D eigenvalue weighted by molar-refractivity contribution is 0.0998. The molecule has 0 fully saturated rings. The Balaban J connectivity index is 2.87. The minimum Gasteiger partial charge on any atom is -0.365 e. The lowest BCUT2D eigenvalue weighted by Crippen LogP contribution is -2.11. The minimum atomic E-state index is -0.477. The van der Waals surface area contributed by atoms with Crippen LogP contribution < -0.4 is 5.73 Å². The number of hydrogen-bond donors (Lipinski definition) is 1. The van der Waals surface area contributed by atoms with Crippen LogP contribution in [0.2, 0.25) is 0 Å². The molecular weight excluding hydrogens is 144 g/mol. The molecule has 0 spiro atoms. The van der Waals surface area contributed by atoms with Crippen molar-refractivity contribution in [2.75, 3.05) is 0 Å². The maximum atomic E-state index is 10.7. The first kappa shape index (κ1) is 7.78. The van der Waals surface area contributed by atoms with Gasteiger partial charge in [0.05, 0.1) is 6.20 Å². The van der Waals surface area contributed by atoms with E-state index in [1.54, 1.807) is 0 Å². The number of primary amides is 1. The summed E-state index contributed by atoms with van der Waals surface area (Å²) in [7, 11) is 0. The number of aromatic nitrogens is 1. The summed E-state index contributed by atoms with van der Waals surface area (Å²) in [5, 5.41) is 3.49. The van der Waals surface area contributed by atoms with Gasteiger partial charge in [-0.05, 0) is 6.42 Å². The highest BCUT2D eigenvalue weighted by molar-refractivity contribution is 5.93. The van der Waals surface area contributed by atoms with Crippen molar-refractivity contribution in [1.82, 2.24) is 5.16 Å². The van der Waals surface area contributed by atoms with E-state index in [2.05, 4.69) is 5.16 Å². The number of nitrogens with zero attached hydrogens (tertiary/aromatic N) is 1. The molecule has 11 heavy (non-hydrogen) atoms. The summed E-state index contributed by atoms with van der Waals surface area (Å²) in [4.78, 5) is 10.7. The molecule has 0 aliphatic heterocycles. The Kier molecular flexibility index (Phi) is 2.25. The van der Waals surface area contributed by atoms with E-state index in [0.717, 1.165) is 6.42 Å². The number of aryl methyl sites for hydroxylation is 1. The molecule has 4 heteroatoms. The van der Waals surface area contributed by atoms with Gasteiger partial charge in [0.2, 0.25) is 0 Å². The van der Waals surface area contributed by atoms with Crippen LogP contribution in [-0.2, 0) is 6.42 Å². The lowest BCUT2D eigenvalue weighted by atomic mass is 10.2. The molecule has 1 heterocycles. The molecule has 0 bridgehead atoms. The third kappa shape index (κ3) is 1.58. The molecular formula is C7H10N2O2. The second-order valence-corrected chi connectivity index (χ2v) is 2.28. The van der Waals surface area contributed by atoms with Crippen LogP contribution in [0.25, 0.3) is 0 Å². The highest BCUT2D eigenvalue weighted by Crippen LogP contribution is 2.08. The molecule has 1 aromatic rings. The number of rotatable bonds is 3. The SMILES string of the molecule is CCCc1oncc1C(N)=O. The molecule has 0 atom stereocenters. The summed E-state index contributed by atoms with van der Waals surface area (Å²) in [6.07, 6.45) is 2.97. The highest BCUT2D eigenvalue weighted by atomic mass is 16.5. The molecule has 1 rings (SSSR count). The Hall–Kier alpha value is -1.32. The van der Waals surface area contributed by atoms with Crippen LogP contribution in [-0.4, -0.2) is 11.1 Å². The van der Waals surface area contributed by atoms with Gasteiger partial charge in [-0.1, -0.05) is 12.1 Å². The fraction of sp³-hybridized carbons (Fsp3) is 0.429. The number of nitrogens with two attached hydrogens (primary N) is 1. The van der Waals surface area contributed by atoms with Gasteiger partial charge in [0.15, 0.2) is 0 Å². The summed E-state index contributed by atoms with van der Waals surface area (Å²) in [6, 6.07) is 0. The molecule has 2 N–H and O–H groups in total. The van der Waals surface area contributed by atoms with E-state index < -0.39 is 5.91 Å². The van der Waals surface area contributed by atoms with Crippen LogP contribution >= 0.6 is 0 Å². The maximum Gasteiger partial charge on any atom is 0.253 e. The summed E-state index contributed by atoms with van der Waals surface area (Å²) in [5.74, 6) is 0.106. The topological polar surface area (TPSA) is 69.1 Å². The fourth-order valence-electron chi connectivity index (χ4n) is 0.872. The summed E-state index contributed by atoms with van der Waals surface area (Å²) in [6.45, 7) is 1.99. The van der Waals surface area contributed by atoms with Crippen molar-refractivity contribution in [2.45, 2.75) is 19.8 Å². The third-order valence-electron chi connectivity index (χ3n) is 1.39. The van der Waals surface area contributed by atoms with Gasteiger partial charge in [-0.15, -0.1) is 0 Å². The molecule has 0 aromatic carbocycles. The second kappa shape index (κ2) is 3.18. The van der Waals surface area contributed by atoms with E-state index in [-0.39, 0.29) is 0 Å². The van der Waals surface area contributed by atoms with E-state index in [0.29, 0.717) is 17.7 Å². The average molecular weight is 154 g/mol. The minimum absolute atomic E-state index is 0.395. The quantitative estimate of drug-likeness (QED) is 0.697. The first-order valence-electron chi connectivity index (χ1n) is 3.49. The Labute approximate surface area is 64.4 Å². The number of hydrogen-bond acceptors (Lipinski definition) is 3. The van der Waals surface area contributed by atoms with Crippen molar-refractivity contribution in [2.24, 2.45) is 5.73 Å². The Morgan fingerprint density at radius 2 is 2.55 bits per heavy atom. The molecule has 0 saturated carbocycles. The standard InChI is InChI=1S/C7H10N2O2/c1-2-3-6-5(7(8)10)4-9-11-6/h4H,2-3H2,1H3,(H2,8,10). The molecule has 60 valence electrons. The molecule has 0 aliphatic rings. The fourth-order valence-corrected chi connectivity index (χ4v) is 0.872. The van der Waals surface area contributed by atoms with Gasteiger partial charge in [-0.2, -0.15) is 0 Å². The molecule has 0 unspecified atom stereocenters. The molecule has 0 aliphatic carbocycles. The van der Waals surface area contributed by atoms with Crippen molar-refractivity contribution in [1.29, 1.82) is 0 Å². The highest BCUT2D eigenvalue weighted by Gasteiger charge is 2.11. The van der Waals surface area contributed by atoms with E-state index in [1.165, 1.54) is 6.20 Å². The van der Waals surface area contributed by atoms with Crippen molar-refractivity contribution in [3.63, 3.8) is 0 Å². The molecule has 1 amide bonds. The number of carbonyl (C=O) groups excluding carboxylic acids is 1. The summed E-state index contributed by atoms with van der Waals surface area (Å²) >= 11 is 0. The predicted octanol–water partition coefficient (Wildman–Crippen LogP) is 0.726. The van der Waals surface area contributed by atoms with Crippen molar-refractivity contribution >= 4 is 5.91 Å². The van der Waals surface area contributed by atoms with E-state index in [1.807, 2.05) is 6.92 Å². The molecule has 4 nitrogen and oxygen atoms in total. The van der Waals surface area contributed by atoms with Gasteiger partial charge in [-0.25, -0.2) is 0 Å². The zero-order valence-electron chi connectivity index (χ0n) is 6.33. The van der Waals surface area contributed by atoms with Gasteiger partial charge < -0.3 is 10.3 Å². The normalized spacial score (nSPS) is 9.91. The van der Waals surface area contributed by atoms with Crippen LogP contribution in [0.4, 0.5) is 0 Å². The van der Waals surface area contributed by atoms with E-state index in [4.69, 9.17) is 10.3 Å². The smallest absolute Gasteiger partial charge is 0.253 e. The summed E-state index contributed by atoms with van der Waals surface area (Å²) in [5.41, 5.74) is 5.45. The Morgan fingerprint density at radius 1 is 1.82 bits per heavy atom. The van der Waals surface area contributed by atoms with Gasteiger partial charge in [-0.3, -0.25) is 4.79 Å². The lowest BCUT2D eigenvalue weighted by Gasteiger charge is -1.92. The Morgan fingerprint density at radius 3 is 3.09 bits per heavy atom. The molecule has 0 radical (unpaired) electrons. The van der Waals surface area contributed by atoms with Crippen LogP contribution in [0.1, 0.15) is 29.5 Å². The predicted molar refractivity (Wildman–Crippen MR) is 39.0 cm³/mol. The van der Waals surface area contributed by atoms with E-state index in [9.17, 15) is 4.79 Å². The molecule has 1 aromatic heterocycles. The molecule has 0 saturated heterocycles. The van der Waals surface area contributed by atoms with Gasteiger partial charge >= 0.3 is 0 Å². The van der Waals surface area contributed by atoms with Gasteiger partial charge in [0, 0.05) is 6.42 Å². The van der Waals surface area contributed by atoms with Gasteiger partial charge in [0.1, 0.15) is 11.3 Å². The van der Waals surface area contributed by atoms with Crippen LogP contribution in [0, 0.1) is 0 Å². The third-order valence-corrected chi connectivity index (χ3v) is 1.39. The van der Waals surface area contributed by atoms with E-state index >= 15 is 0 Å². The number of carbonyl (C=O) groups is 1. The monoisotopic (exact) mass is 154 g/mol. The summed E-state index contributed by atoms with van der Waals surface area (Å²) < 4.78 is 4.82. The zero-order chi connectivity index (χ0) is 8.27. The average Bonchev–Trinajstić information content (AvgIpc) is 2.36. The van der Waals surface area contributed by atoms with Crippen molar-refractivity contribution in [3.8, 4) is 0 Å². The first-order chi connectivity index (χ1) is 5.25. The van der Waals surface area contributed by atoms with Crippen molar-refractivity contribution < 1.29 is 9.32 Å². The van der Waals surface area contributed by atoms with Crippen LogP contribution in [0.3, 0.4) is 0 Å². The Bertz CT molecular complexity index is 255. The van der Waals surface area contributed by atoms with Crippen molar-refractivity contribution in [3.05, 3.63) is 17.5 Å². The zero-order valence-corrected chi connectivity index (χ0v) is 6.33. The van der Waals surface area contributed by atoms with Crippen LogP contribution in [0.5, 0.6) is 0 Å². The van der Waals surface area contributed by atoms with Gasteiger partial charge in [0.25, 0.3) is 5.91 Å². The van der Waals surface area contributed by atoms with Crippen LogP contribution in [0.15, 0.2) is 10.7 Å². The number of amides is 1. The largest absolute Gasteiger partial charge is 0.365 e.